The van der Waals surface area contributed by atoms with Gasteiger partial charge in [0.05, 0.1) is 16.8 Å². The lowest BCUT2D eigenvalue weighted by atomic mass is 10.0. The molecule has 2 aromatic carbocycles. The van der Waals surface area contributed by atoms with E-state index in [0.29, 0.717) is 11.6 Å². The van der Waals surface area contributed by atoms with Crippen molar-refractivity contribution in [3.8, 4) is 11.3 Å². The molecular weight excluding hydrogens is 284 g/mol. The number of aryl methyl sites for hydroxylation is 1. The van der Waals surface area contributed by atoms with Crippen molar-refractivity contribution in [1.82, 2.24) is 10.3 Å². The van der Waals surface area contributed by atoms with Gasteiger partial charge in [0, 0.05) is 17.0 Å². The van der Waals surface area contributed by atoms with Crippen molar-refractivity contribution < 1.29 is 4.79 Å². The van der Waals surface area contributed by atoms with Crippen LogP contribution >= 0.6 is 0 Å². The van der Waals surface area contributed by atoms with Crippen molar-refractivity contribution in [2.45, 2.75) is 25.8 Å². The van der Waals surface area contributed by atoms with Gasteiger partial charge in [0.15, 0.2) is 0 Å². The Hall–Kier alpha value is -2.68. The van der Waals surface area contributed by atoms with Crippen LogP contribution in [0.15, 0.2) is 54.6 Å². The summed E-state index contributed by atoms with van der Waals surface area (Å²) in [7, 11) is 0. The molecule has 1 amide bonds. The van der Waals surface area contributed by atoms with Gasteiger partial charge in [0.25, 0.3) is 5.91 Å². The minimum atomic E-state index is 0.00000283. The summed E-state index contributed by atoms with van der Waals surface area (Å²) >= 11 is 0. The molecule has 23 heavy (non-hydrogen) atoms. The van der Waals surface area contributed by atoms with E-state index < -0.39 is 0 Å². The Kier molecular flexibility index (Phi) is 3.34. The largest absolute Gasteiger partial charge is 0.349 e. The molecule has 3 aromatic rings. The molecule has 0 radical (unpaired) electrons. The Bertz CT molecular complexity index is 897. The highest BCUT2D eigenvalue weighted by Gasteiger charge is 2.25. The van der Waals surface area contributed by atoms with Gasteiger partial charge in [-0.05, 0) is 38.0 Å². The van der Waals surface area contributed by atoms with Gasteiger partial charge in [0.2, 0.25) is 0 Å². The van der Waals surface area contributed by atoms with Crippen LogP contribution in [0.2, 0.25) is 0 Å². The number of hydrogen-bond donors (Lipinski definition) is 1. The highest BCUT2D eigenvalue weighted by Crippen LogP contribution is 2.26. The quantitative estimate of drug-likeness (QED) is 0.791. The number of carbonyl (C=O) groups excluding carboxylic acids is 1. The van der Waals surface area contributed by atoms with Crippen molar-refractivity contribution in [3.63, 3.8) is 0 Å². The molecule has 0 unspecified atom stereocenters. The molecule has 1 saturated carbocycles. The zero-order valence-electron chi connectivity index (χ0n) is 13.0. The number of nitrogens with one attached hydrogen (secondary N) is 1. The van der Waals surface area contributed by atoms with E-state index in [2.05, 4.69) is 24.4 Å². The molecule has 4 rings (SSSR count). The standard InChI is InChI=1S/C20H18N2O/c1-13-5-4-6-14(11-13)19-12-17(20(23)21-15-9-10-15)16-7-2-3-8-18(16)22-19/h2-8,11-12,15H,9-10H2,1H3,(H,21,23). The van der Waals surface area contributed by atoms with E-state index >= 15 is 0 Å². The lowest BCUT2D eigenvalue weighted by Crippen LogP contribution is -2.25. The minimum absolute atomic E-state index is 0.00000283. The summed E-state index contributed by atoms with van der Waals surface area (Å²) in [6.45, 7) is 2.06. The molecule has 1 N–H and O–H groups in total. The maximum Gasteiger partial charge on any atom is 0.252 e. The van der Waals surface area contributed by atoms with Gasteiger partial charge in [-0.3, -0.25) is 4.79 Å². The van der Waals surface area contributed by atoms with Gasteiger partial charge in [0.1, 0.15) is 0 Å². The van der Waals surface area contributed by atoms with Gasteiger partial charge >= 0.3 is 0 Å². The van der Waals surface area contributed by atoms with Crippen LogP contribution in [0, 0.1) is 6.92 Å². The highest BCUT2D eigenvalue weighted by molar-refractivity contribution is 6.07. The van der Waals surface area contributed by atoms with E-state index in [9.17, 15) is 4.79 Å². The van der Waals surface area contributed by atoms with E-state index in [4.69, 9.17) is 4.98 Å². The van der Waals surface area contributed by atoms with Gasteiger partial charge < -0.3 is 5.32 Å². The third-order valence-electron chi connectivity index (χ3n) is 4.19. The normalized spacial score (nSPS) is 14.0. The van der Waals surface area contributed by atoms with Crippen LogP contribution in [0.1, 0.15) is 28.8 Å². The molecule has 1 aromatic heterocycles. The summed E-state index contributed by atoms with van der Waals surface area (Å²) in [6.07, 6.45) is 2.17. The monoisotopic (exact) mass is 302 g/mol. The second-order valence-electron chi connectivity index (χ2n) is 6.19. The maximum atomic E-state index is 12.6. The Morgan fingerprint density at radius 1 is 1.09 bits per heavy atom. The Labute approximate surface area is 135 Å². The molecule has 1 heterocycles. The van der Waals surface area contributed by atoms with E-state index in [1.54, 1.807) is 0 Å². The predicted octanol–water partition coefficient (Wildman–Crippen LogP) is 4.10. The number of aromatic nitrogens is 1. The topological polar surface area (TPSA) is 42.0 Å². The van der Waals surface area contributed by atoms with Gasteiger partial charge in [-0.15, -0.1) is 0 Å². The summed E-state index contributed by atoms with van der Waals surface area (Å²) in [4.78, 5) is 17.4. The molecule has 3 nitrogen and oxygen atoms in total. The second kappa shape index (κ2) is 5.51. The summed E-state index contributed by atoms with van der Waals surface area (Å²) in [5.74, 6) is 0.00000283. The summed E-state index contributed by atoms with van der Waals surface area (Å²) < 4.78 is 0. The fraction of sp³-hybridized carbons (Fsp3) is 0.200. The fourth-order valence-electron chi connectivity index (χ4n) is 2.81. The van der Waals surface area contributed by atoms with Crippen LogP contribution in [0.3, 0.4) is 0 Å². The average Bonchev–Trinajstić information content (AvgIpc) is 3.37. The van der Waals surface area contributed by atoms with Crippen molar-refractivity contribution in [2.75, 3.05) is 0 Å². The molecule has 3 heteroatoms. The zero-order valence-corrected chi connectivity index (χ0v) is 13.0. The fourth-order valence-corrected chi connectivity index (χ4v) is 2.81. The lowest BCUT2D eigenvalue weighted by molar-refractivity contribution is 0.0952. The van der Waals surface area contributed by atoms with Crippen LogP contribution in [0.5, 0.6) is 0 Å². The van der Waals surface area contributed by atoms with Crippen LogP contribution < -0.4 is 5.32 Å². The number of amides is 1. The second-order valence-corrected chi connectivity index (χ2v) is 6.19. The van der Waals surface area contributed by atoms with Crippen LogP contribution in [0.4, 0.5) is 0 Å². The van der Waals surface area contributed by atoms with Crippen molar-refractivity contribution in [3.05, 3.63) is 65.7 Å². The average molecular weight is 302 g/mol. The van der Waals surface area contributed by atoms with Gasteiger partial charge in [-0.25, -0.2) is 4.98 Å². The third-order valence-corrected chi connectivity index (χ3v) is 4.19. The van der Waals surface area contributed by atoms with E-state index in [-0.39, 0.29) is 5.91 Å². The minimum Gasteiger partial charge on any atom is -0.349 e. The molecule has 1 aliphatic rings. The number of carbonyl (C=O) groups is 1. The molecule has 0 bridgehead atoms. The number of nitrogens with zero attached hydrogens (tertiary/aromatic N) is 1. The first-order chi connectivity index (χ1) is 11.2. The van der Waals surface area contributed by atoms with Crippen LogP contribution in [-0.2, 0) is 0 Å². The summed E-state index contributed by atoms with van der Waals surface area (Å²) in [6, 6.07) is 18.3. The van der Waals surface area contributed by atoms with Crippen molar-refractivity contribution in [1.29, 1.82) is 0 Å². The lowest BCUT2D eigenvalue weighted by Gasteiger charge is -2.10. The molecule has 0 aliphatic heterocycles. The molecule has 0 saturated heterocycles. The summed E-state index contributed by atoms with van der Waals surface area (Å²) in [5, 5.41) is 3.99. The van der Waals surface area contributed by atoms with Gasteiger partial charge in [-0.2, -0.15) is 0 Å². The van der Waals surface area contributed by atoms with Crippen molar-refractivity contribution in [2.24, 2.45) is 0 Å². The van der Waals surface area contributed by atoms with E-state index in [1.165, 1.54) is 5.56 Å². The maximum absolute atomic E-state index is 12.6. The van der Waals surface area contributed by atoms with Crippen LogP contribution in [-0.4, -0.2) is 16.9 Å². The number of pyridine rings is 1. The molecule has 0 atom stereocenters. The van der Waals surface area contributed by atoms with Gasteiger partial charge in [-0.1, -0.05) is 42.0 Å². The van der Waals surface area contributed by atoms with E-state index in [0.717, 1.165) is 35.0 Å². The summed E-state index contributed by atoms with van der Waals surface area (Å²) in [5.41, 5.74) is 4.62. The Morgan fingerprint density at radius 3 is 2.70 bits per heavy atom. The first-order valence-electron chi connectivity index (χ1n) is 7.98. The zero-order chi connectivity index (χ0) is 15.8. The molecule has 0 spiro atoms. The van der Waals surface area contributed by atoms with Crippen molar-refractivity contribution >= 4 is 16.8 Å². The number of hydrogen-bond acceptors (Lipinski definition) is 2. The molecule has 1 aliphatic carbocycles. The number of para-hydroxylation sites is 1. The smallest absolute Gasteiger partial charge is 0.252 e. The predicted molar refractivity (Wildman–Crippen MR) is 92.4 cm³/mol. The number of rotatable bonds is 3. The first kappa shape index (κ1) is 13.9. The highest BCUT2D eigenvalue weighted by atomic mass is 16.1. The Morgan fingerprint density at radius 2 is 1.91 bits per heavy atom. The first-order valence-corrected chi connectivity index (χ1v) is 7.98. The molecular formula is C20H18N2O. The molecule has 114 valence electrons. The van der Waals surface area contributed by atoms with E-state index in [1.807, 2.05) is 42.5 Å². The Balaban J connectivity index is 1.87. The molecule has 1 fully saturated rings. The third kappa shape index (κ3) is 2.82. The SMILES string of the molecule is Cc1cccc(-c2cc(C(=O)NC3CC3)c3ccccc3n2)c1. The number of fused-ring (bicyclic) bond motifs is 1. The number of benzene rings is 2. The van der Waals surface area contributed by atoms with Crippen LogP contribution in [0.25, 0.3) is 22.2 Å².